The van der Waals surface area contributed by atoms with E-state index in [0.717, 1.165) is 36.6 Å². The van der Waals surface area contributed by atoms with E-state index in [4.69, 9.17) is 58.6 Å². The number of ether oxygens (including phenoxy) is 8. The molecule has 2 aromatic heterocycles. The number of halogens is 3. The molecule has 6 aromatic rings. The van der Waals surface area contributed by atoms with Crippen molar-refractivity contribution in [3.05, 3.63) is 123 Å². The molecule has 2 saturated heterocycles. The third-order valence-electron chi connectivity index (χ3n) is 13.1. The summed E-state index contributed by atoms with van der Waals surface area (Å²) in [5, 5.41) is 0.0775. The number of anilines is 1. The van der Waals surface area contributed by atoms with Gasteiger partial charge in [-0.1, -0.05) is 24.3 Å². The molecule has 0 saturated carbocycles. The van der Waals surface area contributed by atoms with E-state index in [0.29, 0.717) is 69.7 Å². The summed E-state index contributed by atoms with van der Waals surface area (Å²) in [5.41, 5.74) is 10.8. The van der Waals surface area contributed by atoms with Crippen LogP contribution in [-0.2, 0) is 37.2 Å². The first-order chi connectivity index (χ1) is 32.0. The van der Waals surface area contributed by atoms with Crippen LogP contribution in [0.3, 0.4) is 0 Å². The van der Waals surface area contributed by atoms with E-state index in [1.54, 1.807) is 59.8 Å². The smallest absolute Gasteiger partial charge is 0.320 e. The second-order valence-corrected chi connectivity index (χ2v) is 16.9. The topological polar surface area (TPSA) is 142 Å². The molecule has 0 radical (unpaired) electrons. The first-order valence-electron chi connectivity index (χ1n) is 21.8. The van der Waals surface area contributed by atoms with Gasteiger partial charge in [-0.3, -0.25) is 4.90 Å². The van der Waals surface area contributed by atoms with Crippen molar-refractivity contribution in [2.75, 3.05) is 61.0 Å². The molecular formula is C50H52F3N5O8. The fourth-order valence-corrected chi connectivity index (χ4v) is 9.70. The van der Waals surface area contributed by atoms with Gasteiger partial charge in [-0.15, -0.1) is 0 Å². The van der Waals surface area contributed by atoms with E-state index in [1.165, 1.54) is 0 Å². The number of methoxy groups -OCH3 is 5. The van der Waals surface area contributed by atoms with Crippen LogP contribution in [0.15, 0.2) is 66.7 Å². The Morgan fingerprint density at radius 3 is 2.11 bits per heavy atom. The van der Waals surface area contributed by atoms with Gasteiger partial charge >= 0.3 is 6.01 Å². The second-order valence-electron chi connectivity index (χ2n) is 16.9. The molecule has 9 rings (SSSR count). The fourth-order valence-electron chi connectivity index (χ4n) is 9.70. The third kappa shape index (κ3) is 8.66. The number of rotatable bonds is 16. The molecule has 3 atom stereocenters. The minimum Gasteiger partial charge on any atom is -0.497 e. The van der Waals surface area contributed by atoms with Crippen molar-refractivity contribution in [3.63, 3.8) is 0 Å². The number of fused-ring (bicyclic) bond motifs is 3. The number of nitrogen functional groups attached to an aromatic ring is 1. The lowest BCUT2D eigenvalue weighted by Crippen LogP contribution is -2.43. The minimum atomic E-state index is -0.994. The average Bonchev–Trinajstić information content (AvgIpc) is 3.86. The maximum atomic E-state index is 16.8. The van der Waals surface area contributed by atoms with E-state index >= 15 is 8.78 Å². The van der Waals surface area contributed by atoms with Crippen LogP contribution in [-0.4, -0.2) is 86.8 Å². The van der Waals surface area contributed by atoms with Crippen LogP contribution < -0.4 is 38.9 Å². The van der Waals surface area contributed by atoms with E-state index < -0.39 is 29.4 Å². The summed E-state index contributed by atoms with van der Waals surface area (Å²) in [6, 6.07) is 19.1. The Morgan fingerprint density at radius 2 is 1.44 bits per heavy atom. The summed E-state index contributed by atoms with van der Waals surface area (Å²) in [6.07, 6.45) is 0.524. The Labute approximate surface area is 380 Å². The summed E-state index contributed by atoms with van der Waals surface area (Å²) >= 11 is 0. The molecule has 5 heterocycles. The first-order valence-corrected chi connectivity index (χ1v) is 21.8. The number of hydrogen-bond acceptors (Lipinski definition) is 13. The quantitative estimate of drug-likeness (QED) is 0.0994. The molecular weight excluding hydrogens is 856 g/mol. The Bertz CT molecular complexity index is 2760. The number of pyridine rings is 1. The maximum absolute atomic E-state index is 16.8. The Hall–Kier alpha value is -6.52. The van der Waals surface area contributed by atoms with Crippen molar-refractivity contribution < 1.29 is 51.1 Å². The van der Waals surface area contributed by atoms with Crippen LogP contribution in [0.25, 0.3) is 10.9 Å². The van der Waals surface area contributed by atoms with Crippen molar-refractivity contribution in [1.29, 1.82) is 0 Å². The zero-order valence-electron chi connectivity index (χ0n) is 37.5. The highest BCUT2D eigenvalue weighted by molar-refractivity contribution is 5.90. The van der Waals surface area contributed by atoms with Gasteiger partial charge in [-0.2, -0.15) is 9.97 Å². The van der Waals surface area contributed by atoms with Gasteiger partial charge < -0.3 is 43.6 Å². The molecule has 13 nitrogen and oxygen atoms in total. The molecule has 346 valence electrons. The van der Waals surface area contributed by atoms with Crippen molar-refractivity contribution >= 4 is 16.7 Å². The summed E-state index contributed by atoms with van der Waals surface area (Å²) in [6.45, 7) is 1.44. The molecule has 0 amide bonds. The standard InChI is InChI=1S/C50H52F3N5O8/c1-59-32-11-7-28(8-12-32)25-65-48-37-26-64-43(22-40(37)55-49(57-48)66-27-50-15-6-16-58(50)24-31(51)23-50)45-39(53)21-38(52)44-35(17-29-9-13-33(60-2)19-41(29)62-4)36(47(54)56-46(44)45)18-30-10-14-34(61-3)20-42(30)63-5/h7-14,19-21,31,43H,6,15-18,22-27H2,1-5H3,(H2,54,56)/t31-,43?,50?/m1/s1. The molecule has 0 aliphatic carbocycles. The van der Waals surface area contributed by atoms with E-state index in [9.17, 15) is 4.39 Å². The number of hydrogen-bond donors (Lipinski definition) is 1. The predicted octanol–water partition coefficient (Wildman–Crippen LogP) is 8.46. The molecule has 2 N–H and O–H groups in total. The van der Waals surface area contributed by atoms with Crippen LogP contribution >= 0.6 is 0 Å². The van der Waals surface area contributed by atoms with Gasteiger partial charge in [0.15, 0.2) is 0 Å². The Balaban J connectivity index is 1.13. The van der Waals surface area contributed by atoms with Crippen LogP contribution in [0.4, 0.5) is 19.0 Å². The molecule has 2 fully saturated rings. The van der Waals surface area contributed by atoms with Gasteiger partial charge in [0.2, 0.25) is 5.88 Å². The van der Waals surface area contributed by atoms with Crippen molar-refractivity contribution in [2.45, 2.75) is 69.6 Å². The first kappa shape index (κ1) is 44.7. The van der Waals surface area contributed by atoms with Crippen molar-refractivity contribution in [2.24, 2.45) is 0 Å². The monoisotopic (exact) mass is 907 g/mol. The van der Waals surface area contributed by atoms with Gasteiger partial charge in [0.25, 0.3) is 0 Å². The lowest BCUT2D eigenvalue weighted by atomic mass is 9.89. The molecule has 16 heteroatoms. The molecule has 66 heavy (non-hydrogen) atoms. The molecule has 3 aliphatic rings. The van der Waals surface area contributed by atoms with Crippen LogP contribution in [0, 0.1) is 11.6 Å². The van der Waals surface area contributed by atoms with E-state index in [2.05, 4.69) is 4.90 Å². The number of alkyl halides is 1. The van der Waals surface area contributed by atoms with Crippen LogP contribution in [0.2, 0.25) is 0 Å². The molecule has 0 spiro atoms. The van der Waals surface area contributed by atoms with Crippen LogP contribution in [0.1, 0.15) is 70.0 Å². The number of benzene rings is 4. The van der Waals surface area contributed by atoms with Gasteiger partial charge in [-0.25, -0.2) is 18.2 Å². The Kier molecular flexibility index (Phi) is 12.7. The van der Waals surface area contributed by atoms with Gasteiger partial charge in [0, 0.05) is 66.9 Å². The maximum Gasteiger partial charge on any atom is 0.320 e. The number of nitrogens with two attached hydrogens (primary N) is 1. The highest BCUT2D eigenvalue weighted by Gasteiger charge is 2.49. The van der Waals surface area contributed by atoms with E-state index in [1.807, 2.05) is 36.4 Å². The van der Waals surface area contributed by atoms with E-state index in [-0.39, 0.29) is 73.3 Å². The van der Waals surface area contributed by atoms with Crippen LogP contribution in [0.5, 0.6) is 40.6 Å². The van der Waals surface area contributed by atoms with Gasteiger partial charge in [0.05, 0.1) is 70.6 Å². The zero-order valence-corrected chi connectivity index (χ0v) is 37.5. The number of nitrogens with zero attached hydrogens (tertiary/aromatic N) is 4. The lowest BCUT2D eigenvalue weighted by molar-refractivity contribution is 0.0215. The zero-order chi connectivity index (χ0) is 46.1. The largest absolute Gasteiger partial charge is 0.497 e. The summed E-state index contributed by atoms with van der Waals surface area (Å²) in [4.78, 5) is 16.5. The predicted molar refractivity (Wildman–Crippen MR) is 240 cm³/mol. The summed E-state index contributed by atoms with van der Waals surface area (Å²) in [7, 11) is 7.81. The normalized spacial score (nSPS) is 19.0. The SMILES string of the molecule is COc1ccc(COc2nc(OCC34CCCN3C[C@H](F)C4)nc3c2COC(c2c(F)cc(F)c4c(Cc5ccc(OC)cc5OC)c(Cc5ccc(OC)cc5OC)c(N)nc24)C3)cc1. The van der Waals surface area contributed by atoms with Crippen molar-refractivity contribution in [1.82, 2.24) is 19.9 Å². The minimum absolute atomic E-state index is 0.00955. The fraction of sp³-hybridized carbons (Fsp3) is 0.380. The summed E-state index contributed by atoms with van der Waals surface area (Å²) < 4.78 is 95.0. The second kappa shape index (κ2) is 18.8. The highest BCUT2D eigenvalue weighted by Crippen LogP contribution is 2.44. The lowest BCUT2D eigenvalue weighted by Gasteiger charge is -2.31. The molecule has 3 aliphatic heterocycles. The average molecular weight is 908 g/mol. The number of aromatic nitrogens is 3. The molecule has 0 bridgehead atoms. The summed E-state index contributed by atoms with van der Waals surface area (Å²) in [5.74, 6) is 1.52. The third-order valence-corrected chi connectivity index (χ3v) is 13.1. The highest BCUT2D eigenvalue weighted by atomic mass is 19.1. The van der Waals surface area contributed by atoms with Crippen molar-refractivity contribution in [3.8, 4) is 40.6 Å². The van der Waals surface area contributed by atoms with Gasteiger partial charge in [-0.05, 0) is 65.9 Å². The molecule has 2 unspecified atom stereocenters. The Morgan fingerprint density at radius 1 is 0.773 bits per heavy atom. The van der Waals surface area contributed by atoms with Gasteiger partial charge in [0.1, 0.15) is 65.6 Å². The molecule has 4 aromatic carbocycles.